The molecule has 4 nitrogen and oxygen atoms in total. The van der Waals surface area contributed by atoms with Crippen molar-refractivity contribution in [2.75, 3.05) is 11.1 Å². The largest absolute Gasteiger partial charge is 0.305 e. The van der Waals surface area contributed by atoms with Gasteiger partial charge in [-0.3, -0.25) is 9.48 Å². The van der Waals surface area contributed by atoms with Crippen LogP contribution in [-0.4, -0.2) is 21.4 Å². The van der Waals surface area contributed by atoms with Crippen molar-refractivity contribution < 1.29 is 4.79 Å². The summed E-state index contributed by atoms with van der Waals surface area (Å²) in [4.78, 5) is 12.0. The molecule has 19 heavy (non-hydrogen) atoms. The molecule has 1 amide bonds. The van der Waals surface area contributed by atoms with Gasteiger partial charge in [0.2, 0.25) is 0 Å². The van der Waals surface area contributed by atoms with Crippen LogP contribution in [0.3, 0.4) is 0 Å². The Balaban J connectivity index is 1.99. The van der Waals surface area contributed by atoms with Crippen LogP contribution in [0.15, 0.2) is 36.5 Å². The van der Waals surface area contributed by atoms with Gasteiger partial charge in [-0.05, 0) is 23.4 Å². The van der Waals surface area contributed by atoms with Gasteiger partial charge in [0.15, 0.2) is 5.82 Å². The quantitative estimate of drug-likeness (QED) is 0.912. The van der Waals surface area contributed by atoms with Gasteiger partial charge in [0.05, 0.1) is 0 Å². The van der Waals surface area contributed by atoms with Crippen molar-refractivity contribution in [3.05, 3.63) is 47.7 Å². The van der Waals surface area contributed by atoms with Crippen LogP contribution < -0.4 is 5.32 Å². The van der Waals surface area contributed by atoms with Crippen LogP contribution in [0, 0.1) is 0 Å². The lowest BCUT2D eigenvalue weighted by Crippen LogP contribution is -2.12. The highest BCUT2D eigenvalue weighted by Gasteiger charge is 2.07. The van der Waals surface area contributed by atoms with E-state index in [1.165, 1.54) is 5.56 Å². The average molecular weight is 275 g/mol. The molecule has 1 heterocycles. The van der Waals surface area contributed by atoms with E-state index in [0.717, 1.165) is 11.5 Å². The first-order valence-electron chi connectivity index (χ1n) is 6.16. The molecule has 0 spiro atoms. The normalized spacial score (nSPS) is 10.4. The second-order valence-electron chi connectivity index (χ2n) is 4.16. The van der Waals surface area contributed by atoms with Gasteiger partial charge in [-0.2, -0.15) is 16.9 Å². The van der Waals surface area contributed by atoms with Gasteiger partial charge in [-0.25, -0.2) is 0 Å². The van der Waals surface area contributed by atoms with Gasteiger partial charge in [0.1, 0.15) is 0 Å². The molecule has 0 radical (unpaired) electrons. The molecule has 1 N–H and O–H groups in total. The van der Waals surface area contributed by atoms with Crippen molar-refractivity contribution in [3.8, 4) is 0 Å². The summed E-state index contributed by atoms with van der Waals surface area (Å²) in [6.45, 7) is 2.14. The molecule has 2 aromatic rings. The molecule has 0 unspecified atom stereocenters. The molecule has 0 fully saturated rings. The fraction of sp³-hybridized carbons (Fsp3) is 0.286. The summed E-state index contributed by atoms with van der Waals surface area (Å²) in [7, 11) is 1.82. The van der Waals surface area contributed by atoms with Crippen LogP contribution in [0.25, 0.3) is 0 Å². The van der Waals surface area contributed by atoms with Crippen LogP contribution in [-0.2, 0) is 12.8 Å². The minimum atomic E-state index is -0.131. The maximum Gasteiger partial charge on any atom is 0.256 e. The van der Waals surface area contributed by atoms with Crippen LogP contribution in [0.1, 0.15) is 22.8 Å². The molecule has 1 aromatic heterocycles. The van der Waals surface area contributed by atoms with E-state index in [1.807, 2.05) is 43.1 Å². The summed E-state index contributed by atoms with van der Waals surface area (Å²) in [6, 6.07) is 9.46. The van der Waals surface area contributed by atoms with E-state index in [4.69, 9.17) is 0 Å². The third-order valence-corrected chi connectivity index (χ3v) is 3.59. The van der Waals surface area contributed by atoms with Crippen LogP contribution in [0.2, 0.25) is 0 Å². The molecular weight excluding hydrogens is 258 g/mol. The highest BCUT2D eigenvalue weighted by atomic mass is 32.2. The molecule has 5 heteroatoms. The summed E-state index contributed by atoms with van der Waals surface area (Å²) < 4.78 is 1.65. The van der Waals surface area contributed by atoms with Gasteiger partial charge in [-0.1, -0.05) is 19.1 Å². The van der Waals surface area contributed by atoms with E-state index in [0.29, 0.717) is 11.4 Å². The summed E-state index contributed by atoms with van der Waals surface area (Å²) in [5.74, 6) is 2.52. The highest BCUT2D eigenvalue weighted by molar-refractivity contribution is 7.98. The Kier molecular flexibility index (Phi) is 4.63. The molecule has 0 aliphatic heterocycles. The molecule has 0 saturated heterocycles. The number of hydrogen-bond acceptors (Lipinski definition) is 3. The lowest BCUT2D eigenvalue weighted by molar-refractivity contribution is 0.102. The fourth-order valence-corrected chi connectivity index (χ4v) is 2.27. The number of benzene rings is 1. The molecule has 1 aromatic carbocycles. The standard InChI is InChI=1S/C14H17N3OS/c1-3-19-10-11-4-6-12(7-5-11)14(18)15-13-8-9-17(2)16-13/h4-9H,3,10H2,1-2H3,(H,15,16,18). The molecule has 100 valence electrons. The maximum absolute atomic E-state index is 12.0. The number of carbonyl (C=O) groups excluding carboxylic acids is 1. The molecule has 0 atom stereocenters. The van der Waals surface area contributed by atoms with Crippen molar-refractivity contribution in [2.24, 2.45) is 7.05 Å². The minimum absolute atomic E-state index is 0.131. The first-order valence-corrected chi connectivity index (χ1v) is 7.32. The smallest absolute Gasteiger partial charge is 0.256 e. The number of amides is 1. The van der Waals surface area contributed by atoms with Gasteiger partial charge >= 0.3 is 0 Å². The first kappa shape index (κ1) is 13.7. The third kappa shape index (κ3) is 3.86. The molecule has 2 rings (SSSR count). The van der Waals surface area contributed by atoms with Crippen molar-refractivity contribution in [3.63, 3.8) is 0 Å². The summed E-state index contributed by atoms with van der Waals surface area (Å²) in [6.07, 6.45) is 1.79. The fourth-order valence-electron chi connectivity index (χ4n) is 1.64. The topological polar surface area (TPSA) is 46.9 Å². The van der Waals surface area contributed by atoms with E-state index in [2.05, 4.69) is 17.3 Å². The number of rotatable bonds is 5. The zero-order valence-corrected chi connectivity index (χ0v) is 11.9. The second-order valence-corrected chi connectivity index (χ2v) is 5.44. The number of thioether (sulfide) groups is 1. The zero-order valence-electron chi connectivity index (χ0n) is 11.1. The summed E-state index contributed by atoms with van der Waals surface area (Å²) >= 11 is 1.87. The van der Waals surface area contributed by atoms with Crippen LogP contribution in [0.4, 0.5) is 5.82 Å². The lowest BCUT2D eigenvalue weighted by Gasteiger charge is -2.04. The maximum atomic E-state index is 12.0. The van der Waals surface area contributed by atoms with Gasteiger partial charge in [0.25, 0.3) is 5.91 Å². The second kappa shape index (κ2) is 6.43. The third-order valence-electron chi connectivity index (χ3n) is 2.64. The predicted octanol–water partition coefficient (Wildman–Crippen LogP) is 2.93. The molecule has 0 aliphatic rings. The number of anilines is 1. The predicted molar refractivity (Wildman–Crippen MR) is 79.4 cm³/mol. The first-order chi connectivity index (χ1) is 9.19. The number of aromatic nitrogens is 2. The number of carbonyl (C=O) groups is 1. The Morgan fingerprint density at radius 1 is 1.32 bits per heavy atom. The number of nitrogens with zero attached hydrogens (tertiary/aromatic N) is 2. The van der Waals surface area contributed by atoms with E-state index in [-0.39, 0.29) is 5.91 Å². The van der Waals surface area contributed by atoms with Gasteiger partial charge in [0, 0.05) is 30.6 Å². The monoisotopic (exact) mass is 275 g/mol. The Hall–Kier alpha value is -1.75. The van der Waals surface area contributed by atoms with Crippen LogP contribution >= 0.6 is 11.8 Å². The van der Waals surface area contributed by atoms with E-state index in [1.54, 1.807) is 16.9 Å². The van der Waals surface area contributed by atoms with Crippen molar-refractivity contribution in [2.45, 2.75) is 12.7 Å². The van der Waals surface area contributed by atoms with Crippen molar-refractivity contribution >= 4 is 23.5 Å². The lowest BCUT2D eigenvalue weighted by atomic mass is 10.1. The SMILES string of the molecule is CCSCc1ccc(C(=O)Nc2ccn(C)n2)cc1. The number of nitrogens with one attached hydrogen (secondary N) is 1. The molecule has 0 aliphatic carbocycles. The Bertz CT molecular complexity index is 548. The average Bonchev–Trinajstić information content (AvgIpc) is 2.82. The Morgan fingerprint density at radius 3 is 2.63 bits per heavy atom. The Morgan fingerprint density at radius 2 is 2.05 bits per heavy atom. The summed E-state index contributed by atoms with van der Waals surface area (Å²) in [5, 5.41) is 6.88. The van der Waals surface area contributed by atoms with Gasteiger partial charge in [-0.15, -0.1) is 0 Å². The van der Waals surface area contributed by atoms with Crippen LogP contribution in [0.5, 0.6) is 0 Å². The zero-order chi connectivity index (χ0) is 13.7. The Labute approximate surface area is 117 Å². The van der Waals surface area contributed by atoms with Gasteiger partial charge < -0.3 is 5.32 Å². The minimum Gasteiger partial charge on any atom is -0.305 e. The van der Waals surface area contributed by atoms with Crippen molar-refractivity contribution in [1.82, 2.24) is 9.78 Å². The van der Waals surface area contributed by atoms with E-state index in [9.17, 15) is 4.79 Å². The summed E-state index contributed by atoms with van der Waals surface area (Å²) in [5.41, 5.74) is 1.89. The van der Waals surface area contributed by atoms with E-state index >= 15 is 0 Å². The molecule has 0 saturated carbocycles. The molecular formula is C14H17N3OS. The molecule has 0 bridgehead atoms. The number of aryl methyl sites for hydroxylation is 1. The van der Waals surface area contributed by atoms with Crippen molar-refractivity contribution in [1.29, 1.82) is 0 Å². The number of hydrogen-bond donors (Lipinski definition) is 1. The highest BCUT2D eigenvalue weighted by Crippen LogP contribution is 2.13. The van der Waals surface area contributed by atoms with E-state index < -0.39 is 0 Å².